The van der Waals surface area contributed by atoms with E-state index in [0.717, 1.165) is 22.9 Å². The van der Waals surface area contributed by atoms with Gasteiger partial charge in [0.05, 0.1) is 19.6 Å². The Labute approximate surface area is 132 Å². The number of amides is 1. The second-order valence-electron chi connectivity index (χ2n) is 4.85. The van der Waals surface area contributed by atoms with Gasteiger partial charge in [0.2, 0.25) is 5.91 Å². The number of esters is 1. The summed E-state index contributed by atoms with van der Waals surface area (Å²) in [6, 6.07) is 3.75. The predicted molar refractivity (Wildman–Crippen MR) is 85.6 cm³/mol. The Morgan fingerprint density at radius 1 is 1.57 bits per heavy atom. The van der Waals surface area contributed by atoms with E-state index >= 15 is 0 Å². The molecule has 2 rings (SSSR count). The number of nitrogens with one attached hydrogen (secondary N) is 2. The summed E-state index contributed by atoms with van der Waals surface area (Å²) in [7, 11) is 1.36. The standard InChI is InChI=1S/C14H20N2O3S2/c1-19-14(18)8-11(12-3-2-5-21-12)16-13(17)7-10-9-20-6-4-15-10/h2-3,5,10-11,15H,4,6-9H2,1H3,(H,16,17). The van der Waals surface area contributed by atoms with Crippen molar-refractivity contribution in [1.82, 2.24) is 10.6 Å². The molecular formula is C14H20N2O3S2. The van der Waals surface area contributed by atoms with Gasteiger partial charge in [0.1, 0.15) is 0 Å². The second-order valence-corrected chi connectivity index (χ2v) is 6.97. The van der Waals surface area contributed by atoms with Crippen LogP contribution >= 0.6 is 23.1 Å². The molecule has 21 heavy (non-hydrogen) atoms. The quantitative estimate of drug-likeness (QED) is 0.776. The second kappa shape index (κ2) is 8.41. The molecule has 7 heteroatoms. The van der Waals surface area contributed by atoms with Crippen LogP contribution in [0.1, 0.15) is 23.8 Å². The third-order valence-corrected chi connectivity index (χ3v) is 5.37. The Morgan fingerprint density at radius 3 is 3.05 bits per heavy atom. The number of hydrogen-bond acceptors (Lipinski definition) is 6. The molecule has 0 bridgehead atoms. The summed E-state index contributed by atoms with van der Waals surface area (Å²) >= 11 is 3.39. The molecule has 0 aliphatic carbocycles. The van der Waals surface area contributed by atoms with Gasteiger partial charge in [-0.1, -0.05) is 6.07 Å². The normalized spacial score (nSPS) is 19.8. The summed E-state index contributed by atoms with van der Waals surface area (Å²) in [5.41, 5.74) is 0. The summed E-state index contributed by atoms with van der Waals surface area (Å²) in [4.78, 5) is 24.7. The maximum atomic E-state index is 12.2. The van der Waals surface area contributed by atoms with E-state index in [-0.39, 0.29) is 30.4 Å². The van der Waals surface area contributed by atoms with Crippen molar-refractivity contribution >= 4 is 35.0 Å². The Kier molecular flexibility index (Phi) is 6.53. The molecule has 1 aliphatic heterocycles. The molecule has 0 saturated carbocycles. The van der Waals surface area contributed by atoms with Crippen molar-refractivity contribution < 1.29 is 14.3 Å². The molecule has 1 aromatic rings. The van der Waals surface area contributed by atoms with Crippen LogP contribution in [-0.2, 0) is 14.3 Å². The smallest absolute Gasteiger partial charge is 0.307 e. The van der Waals surface area contributed by atoms with E-state index in [9.17, 15) is 9.59 Å². The summed E-state index contributed by atoms with van der Waals surface area (Å²) in [5, 5.41) is 8.23. The molecule has 0 spiro atoms. The number of carbonyl (C=O) groups excluding carboxylic acids is 2. The topological polar surface area (TPSA) is 67.4 Å². The molecule has 116 valence electrons. The zero-order valence-electron chi connectivity index (χ0n) is 12.0. The maximum absolute atomic E-state index is 12.2. The van der Waals surface area contributed by atoms with Crippen LogP contribution in [0.3, 0.4) is 0 Å². The molecule has 0 aromatic carbocycles. The first kappa shape index (κ1) is 16.3. The van der Waals surface area contributed by atoms with Crippen molar-refractivity contribution in [2.75, 3.05) is 25.2 Å². The largest absolute Gasteiger partial charge is 0.469 e. The zero-order chi connectivity index (χ0) is 15.1. The van der Waals surface area contributed by atoms with Crippen LogP contribution in [0.25, 0.3) is 0 Å². The molecule has 2 heterocycles. The van der Waals surface area contributed by atoms with Crippen molar-refractivity contribution in [2.45, 2.75) is 24.9 Å². The number of hydrogen-bond donors (Lipinski definition) is 2. The maximum Gasteiger partial charge on any atom is 0.307 e. The first-order valence-corrected chi connectivity index (χ1v) is 8.93. The van der Waals surface area contributed by atoms with Crippen molar-refractivity contribution in [1.29, 1.82) is 0 Å². The van der Waals surface area contributed by atoms with Gasteiger partial charge in [-0.05, 0) is 11.4 Å². The highest BCUT2D eigenvalue weighted by molar-refractivity contribution is 7.99. The van der Waals surface area contributed by atoms with Gasteiger partial charge in [0, 0.05) is 35.4 Å². The monoisotopic (exact) mass is 328 g/mol. The van der Waals surface area contributed by atoms with Crippen LogP contribution in [-0.4, -0.2) is 43.1 Å². The van der Waals surface area contributed by atoms with Crippen LogP contribution in [0.5, 0.6) is 0 Å². The van der Waals surface area contributed by atoms with Crippen LogP contribution in [0, 0.1) is 0 Å². The lowest BCUT2D eigenvalue weighted by atomic mass is 10.1. The van der Waals surface area contributed by atoms with Gasteiger partial charge >= 0.3 is 5.97 Å². The Morgan fingerprint density at radius 2 is 2.43 bits per heavy atom. The fourth-order valence-corrected chi connectivity index (χ4v) is 3.92. The van der Waals surface area contributed by atoms with Crippen LogP contribution in [0.15, 0.2) is 17.5 Å². The number of rotatable bonds is 6. The van der Waals surface area contributed by atoms with E-state index in [2.05, 4.69) is 10.6 Å². The average molecular weight is 328 g/mol. The molecular weight excluding hydrogens is 308 g/mol. The molecule has 2 N–H and O–H groups in total. The van der Waals surface area contributed by atoms with Gasteiger partial charge in [-0.15, -0.1) is 11.3 Å². The van der Waals surface area contributed by atoms with Gasteiger partial charge < -0.3 is 15.4 Å². The van der Waals surface area contributed by atoms with E-state index in [1.165, 1.54) is 18.4 Å². The molecule has 1 saturated heterocycles. The van der Waals surface area contributed by atoms with Crippen molar-refractivity contribution in [3.63, 3.8) is 0 Å². The van der Waals surface area contributed by atoms with Gasteiger partial charge in [-0.2, -0.15) is 11.8 Å². The molecule has 0 radical (unpaired) electrons. The molecule has 1 amide bonds. The minimum atomic E-state index is -0.319. The van der Waals surface area contributed by atoms with Crippen molar-refractivity contribution in [3.8, 4) is 0 Å². The summed E-state index contributed by atoms with van der Waals surface area (Å²) in [6.45, 7) is 0.944. The molecule has 2 unspecified atom stereocenters. The number of thiophene rings is 1. The molecule has 1 aliphatic rings. The third kappa shape index (κ3) is 5.33. The van der Waals surface area contributed by atoms with Gasteiger partial charge in [0.15, 0.2) is 0 Å². The van der Waals surface area contributed by atoms with E-state index in [1.54, 1.807) is 0 Å². The summed E-state index contributed by atoms with van der Waals surface area (Å²) in [5.74, 6) is 1.70. The lowest BCUT2D eigenvalue weighted by Gasteiger charge is -2.24. The fraction of sp³-hybridized carbons (Fsp3) is 0.571. The third-order valence-electron chi connectivity index (χ3n) is 3.25. The van der Waals surface area contributed by atoms with Crippen LogP contribution in [0.2, 0.25) is 0 Å². The first-order valence-electron chi connectivity index (χ1n) is 6.89. The van der Waals surface area contributed by atoms with Gasteiger partial charge in [-0.25, -0.2) is 0 Å². The highest BCUT2D eigenvalue weighted by atomic mass is 32.2. The molecule has 2 atom stereocenters. The van der Waals surface area contributed by atoms with Gasteiger partial charge in [0.25, 0.3) is 0 Å². The molecule has 1 aromatic heterocycles. The highest BCUT2D eigenvalue weighted by Gasteiger charge is 2.22. The van der Waals surface area contributed by atoms with E-state index in [4.69, 9.17) is 4.74 Å². The van der Waals surface area contributed by atoms with Crippen LogP contribution < -0.4 is 10.6 Å². The number of ether oxygens (including phenoxy) is 1. The lowest BCUT2D eigenvalue weighted by Crippen LogP contribution is -2.42. The SMILES string of the molecule is COC(=O)CC(NC(=O)CC1CSCCN1)c1cccs1. The predicted octanol–water partition coefficient (Wildman–Crippen LogP) is 1.56. The highest BCUT2D eigenvalue weighted by Crippen LogP contribution is 2.23. The summed E-state index contributed by atoms with van der Waals surface area (Å²) in [6.07, 6.45) is 0.603. The number of thioether (sulfide) groups is 1. The first-order chi connectivity index (χ1) is 10.2. The fourth-order valence-electron chi connectivity index (χ4n) is 2.19. The van der Waals surface area contributed by atoms with E-state index < -0.39 is 0 Å². The Bertz CT molecular complexity index is 459. The minimum Gasteiger partial charge on any atom is -0.469 e. The molecule has 1 fully saturated rings. The zero-order valence-corrected chi connectivity index (χ0v) is 13.6. The van der Waals surface area contributed by atoms with E-state index in [1.807, 2.05) is 29.3 Å². The average Bonchev–Trinajstić information content (AvgIpc) is 3.01. The summed E-state index contributed by atoms with van der Waals surface area (Å²) < 4.78 is 4.71. The lowest BCUT2D eigenvalue weighted by molar-refractivity contribution is -0.141. The van der Waals surface area contributed by atoms with E-state index in [0.29, 0.717) is 6.42 Å². The van der Waals surface area contributed by atoms with Crippen LogP contribution in [0.4, 0.5) is 0 Å². The van der Waals surface area contributed by atoms with Crippen molar-refractivity contribution in [2.24, 2.45) is 0 Å². The molecule has 5 nitrogen and oxygen atoms in total. The van der Waals surface area contributed by atoms with Crippen molar-refractivity contribution in [3.05, 3.63) is 22.4 Å². The minimum absolute atomic E-state index is 0.0303. The Balaban J connectivity index is 1.91. The number of methoxy groups -OCH3 is 1. The van der Waals surface area contributed by atoms with Gasteiger partial charge in [-0.3, -0.25) is 9.59 Å². The number of carbonyl (C=O) groups is 2. The Hall–Kier alpha value is -1.05.